The monoisotopic (exact) mass is 211 g/mol. The minimum atomic E-state index is -0.765. The molecular weight excluding hydrogens is 198 g/mol. The van der Waals surface area contributed by atoms with Gasteiger partial charge in [0.1, 0.15) is 0 Å². The van der Waals surface area contributed by atoms with Crippen LogP contribution in [0.25, 0.3) is 0 Å². The quantitative estimate of drug-likeness (QED) is 0.591. The highest BCUT2D eigenvalue weighted by atomic mass is 32.2. The van der Waals surface area contributed by atoms with Gasteiger partial charge in [0.25, 0.3) is 0 Å². The highest BCUT2D eigenvalue weighted by Gasteiger charge is 2.02. The third kappa shape index (κ3) is 3.30. The molecule has 0 spiro atoms. The lowest BCUT2D eigenvalue weighted by Crippen LogP contribution is -1.96. The lowest BCUT2D eigenvalue weighted by Gasteiger charge is -2.05. The fourth-order valence-electron chi connectivity index (χ4n) is 1.02. The molecule has 14 heavy (non-hydrogen) atoms. The molecule has 1 aromatic rings. The molecule has 0 amide bonds. The van der Waals surface area contributed by atoms with Gasteiger partial charge in [0.2, 0.25) is 0 Å². The molecule has 0 aliphatic rings. The van der Waals surface area contributed by atoms with Gasteiger partial charge in [0, 0.05) is 16.3 Å². The molecule has 0 aliphatic carbocycles. The van der Waals surface area contributed by atoms with E-state index in [9.17, 15) is 4.79 Å². The topological polar surface area (TPSA) is 63.3 Å². The number of hydrogen-bond donors (Lipinski definition) is 2. The molecule has 3 nitrogen and oxygen atoms in total. The Balaban J connectivity index is 2.57. The molecule has 3 N–H and O–H groups in total. The number of hydrogen-bond acceptors (Lipinski definition) is 3. The molecule has 0 aliphatic heterocycles. The Labute approximate surface area is 87.3 Å². The first-order valence-corrected chi connectivity index (χ1v) is 5.29. The van der Waals surface area contributed by atoms with Crippen LogP contribution >= 0.6 is 11.8 Å². The molecule has 1 aromatic carbocycles. The molecule has 0 radical (unpaired) electrons. The van der Waals surface area contributed by atoms with E-state index in [1.54, 1.807) is 0 Å². The zero-order valence-electron chi connectivity index (χ0n) is 7.99. The Hall–Kier alpha value is -1.16. The van der Waals surface area contributed by atoms with Gasteiger partial charge in [-0.25, -0.2) is 0 Å². The van der Waals surface area contributed by atoms with Crippen molar-refractivity contribution >= 4 is 23.4 Å². The second-order valence-electron chi connectivity index (χ2n) is 3.02. The van der Waals surface area contributed by atoms with Gasteiger partial charge in [-0.1, -0.05) is 6.07 Å². The fraction of sp³-hybridized carbons (Fsp3) is 0.300. The number of carbonyl (C=O) groups is 1. The first kappa shape index (κ1) is 10.9. The van der Waals surface area contributed by atoms with Gasteiger partial charge in [-0.2, -0.15) is 0 Å². The van der Waals surface area contributed by atoms with E-state index >= 15 is 0 Å². The summed E-state index contributed by atoms with van der Waals surface area (Å²) in [6.45, 7) is 1.99. The third-order valence-electron chi connectivity index (χ3n) is 1.79. The molecule has 0 aromatic heterocycles. The van der Waals surface area contributed by atoms with Crippen LogP contribution in [0.2, 0.25) is 0 Å². The van der Waals surface area contributed by atoms with Crippen molar-refractivity contribution in [2.45, 2.75) is 18.2 Å². The largest absolute Gasteiger partial charge is 0.481 e. The summed E-state index contributed by atoms with van der Waals surface area (Å²) in [7, 11) is 0. The normalized spacial score (nSPS) is 10.1. The van der Waals surface area contributed by atoms with E-state index in [1.807, 2.05) is 25.1 Å². The van der Waals surface area contributed by atoms with Gasteiger partial charge in [-0.15, -0.1) is 11.8 Å². The predicted molar refractivity (Wildman–Crippen MR) is 58.6 cm³/mol. The summed E-state index contributed by atoms with van der Waals surface area (Å²) in [5, 5.41) is 8.48. The van der Waals surface area contributed by atoms with Crippen LogP contribution in [-0.2, 0) is 4.79 Å². The van der Waals surface area contributed by atoms with Crippen molar-refractivity contribution in [3.63, 3.8) is 0 Å². The minimum absolute atomic E-state index is 0.179. The summed E-state index contributed by atoms with van der Waals surface area (Å²) in [6.07, 6.45) is 0.179. The molecule has 0 unspecified atom stereocenters. The van der Waals surface area contributed by atoms with Gasteiger partial charge >= 0.3 is 5.97 Å². The molecule has 0 atom stereocenters. The number of aliphatic carboxylic acids is 1. The Kier molecular flexibility index (Phi) is 3.83. The zero-order valence-corrected chi connectivity index (χ0v) is 8.80. The van der Waals surface area contributed by atoms with E-state index in [1.165, 1.54) is 11.8 Å². The van der Waals surface area contributed by atoms with E-state index < -0.39 is 5.97 Å². The maximum atomic E-state index is 10.3. The average molecular weight is 211 g/mol. The van der Waals surface area contributed by atoms with Crippen molar-refractivity contribution in [2.24, 2.45) is 0 Å². The van der Waals surface area contributed by atoms with Gasteiger partial charge < -0.3 is 10.8 Å². The second kappa shape index (κ2) is 4.91. The summed E-state index contributed by atoms with van der Waals surface area (Å²) < 4.78 is 0. The van der Waals surface area contributed by atoms with Crippen molar-refractivity contribution in [2.75, 3.05) is 11.5 Å². The Bertz CT molecular complexity index is 339. The number of anilines is 1. The lowest BCUT2D eigenvalue weighted by atomic mass is 10.2. The van der Waals surface area contributed by atoms with Crippen LogP contribution in [0.1, 0.15) is 12.0 Å². The van der Waals surface area contributed by atoms with E-state index in [0.29, 0.717) is 11.4 Å². The van der Waals surface area contributed by atoms with Crippen LogP contribution in [0.15, 0.2) is 23.1 Å². The number of rotatable bonds is 4. The number of thioether (sulfide) groups is 1. The van der Waals surface area contributed by atoms with Crippen LogP contribution in [0.3, 0.4) is 0 Å². The molecule has 1 rings (SSSR count). The average Bonchev–Trinajstić information content (AvgIpc) is 2.10. The van der Waals surface area contributed by atoms with E-state index in [0.717, 1.165) is 10.5 Å². The number of benzene rings is 1. The summed E-state index contributed by atoms with van der Waals surface area (Å²) in [6, 6.07) is 5.66. The van der Waals surface area contributed by atoms with E-state index in [-0.39, 0.29) is 6.42 Å². The van der Waals surface area contributed by atoms with Crippen LogP contribution in [0.4, 0.5) is 5.69 Å². The summed E-state index contributed by atoms with van der Waals surface area (Å²) >= 11 is 1.53. The summed E-state index contributed by atoms with van der Waals surface area (Å²) in [5.41, 5.74) is 7.48. The van der Waals surface area contributed by atoms with Crippen LogP contribution in [-0.4, -0.2) is 16.8 Å². The maximum Gasteiger partial charge on any atom is 0.304 e. The lowest BCUT2D eigenvalue weighted by molar-refractivity contribution is -0.136. The summed E-state index contributed by atoms with van der Waals surface area (Å²) in [4.78, 5) is 11.4. The first-order chi connectivity index (χ1) is 6.59. The molecule has 4 heteroatoms. The van der Waals surface area contributed by atoms with Crippen molar-refractivity contribution in [3.8, 4) is 0 Å². The van der Waals surface area contributed by atoms with Gasteiger partial charge in [-0.3, -0.25) is 4.79 Å². The molecule has 76 valence electrons. The molecule has 0 heterocycles. The second-order valence-corrected chi connectivity index (χ2v) is 4.15. The van der Waals surface area contributed by atoms with Crippen LogP contribution < -0.4 is 5.73 Å². The molecule has 0 fully saturated rings. The fourth-order valence-corrected chi connectivity index (χ4v) is 2.03. The number of nitrogens with two attached hydrogens (primary N) is 1. The van der Waals surface area contributed by atoms with Crippen LogP contribution in [0.5, 0.6) is 0 Å². The zero-order chi connectivity index (χ0) is 10.6. The van der Waals surface area contributed by atoms with Gasteiger partial charge in [-0.05, 0) is 24.6 Å². The van der Waals surface area contributed by atoms with Crippen molar-refractivity contribution < 1.29 is 9.90 Å². The van der Waals surface area contributed by atoms with E-state index in [2.05, 4.69) is 0 Å². The third-order valence-corrected chi connectivity index (χ3v) is 2.94. The molecular formula is C10H13NO2S. The van der Waals surface area contributed by atoms with E-state index in [4.69, 9.17) is 10.8 Å². The molecule has 0 saturated heterocycles. The molecule has 0 bridgehead atoms. The Morgan fingerprint density at radius 1 is 1.57 bits per heavy atom. The van der Waals surface area contributed by atoms with Crippen molar-refractivity contribution in [1.82, 2.24) is 0 Å². The number of aryl methyl sites for hydroxylation is 1. The van der Waals surface area contributed by atoms with Gasteiger partial charge in [0.05, 0.1) is 6.42 Å². The van der Waals surface area contributed by atoms with Gasteiger partial charge in [0.15, 0.2) is 0 Å². The number of carboxylic acid groups (broad SMARTS) is 1. The van der Waals surface area contributed by atoms with Crippen molar-refractivity contribution in [1.29, 1.82) is 0 Å². The SMILES string of the molecule is Cc1ccc(N)cc1SCCC(=O)O. The highest BCUT2D eigenvalue weighted by Crippen LogP contribution is 2.24. The standard InChI is InChI=1S/C10H13NO2S/c1-7-2-3-8(11)6-9(7)14-5-4-10(12)13/h2-3,6H,4-5,11H2,1H3,(H,12,13). The van der Waals surface area contributed by atoms with Crippen molar-refractivity contribution in [3.05, 3.63) is 23.8 Å². The number of carboxylic acids is 1. The first-order valence-electron chi connectivity index (χ1n) is 4.30. The minimum Gasteiger partial charge on any atom is -0.481 e. The Morgan fingerprint density at radius 2 is 2.29 bits per heavy atom. The van der Waals surface area contributed by atoms with Crippen LogP contribution in [0, 0.1) is 6.92 Å². The Morgan fingerprint density at radius 3 is 2.93 bits per heavy atom. The smallest absolute Gasteiger partial charge is 0.304 e. The number of nitrogen functional groups attached to an aromatic ring is 1. The maximum absolute atomic E-state index is 10.3. The highest BCUT2D eigenvalue weighted by molar-refractivity contribution is 7.99. The predicted octanol–water partition coefficient (Wildman–Crippen LogP) is 2.14. The summed E-state index contributed by atoms with van der Waals surface area (Å²) in [5.74, 6) is -0.182. The molecule has 0 saturated carbocycles.